The molecule has 4 heteroatoms. The van der Waals surface area contributed by atoms with Crippen LogP contribution in [0.3, 0.4) is 0 Å². The fourth-order valence-electron chi connectivity index (χ4n) is 0.967. The second-order valence-corrected chi connectivity index (χ2v) is 5.78. The van der Waals surface area contributed by atoms with E-state index in [0.29, 0.717) is 6.23 Å². The molecule has 0 amide bonds. The maximum absolute atomic E-state index is 5.32. The molecule has 0 saturated heterocycles. The molecule has 0 atom stereocenters. The molecule has 0 fully saturated rings. The Hall–Kier alpha value is 0.0969. The zero-order chi connectivity index (χ0) is 8.74. The van der Waals surface area contributed by atoms with Gasteiger partial charge < -0.3 is 13.6 Å². The van der Waals surface area contributed by atoms with Crippen molar-refractivity contribution in [1.82, 2.24) is 0 Å². The molecule has 0 aromatic carbocycles. The highest BCUT2D eigenvalue weighted by Gasteiger charge is 2.34. The lowest BCUT2D eigenvalue weighted by Crippen LogP contribution is -2.45. The Balaban J connectivity index is 3.96. The van der Waals surface area contributed by atoms with Gasteiger partial charge in [0.15, 0.2) is 0 Å². The Labute approximate surface area is 69.9 Å². The van der Waals surface area contributed by atoms with Crippen LogP contribution in [0.1, 0.15) is 6.42 Å². The number of methoxy groups -OCH3 is 1. The van der Waals surface area contributed by atoms with Crippen molar-refractivity contribution in [3.05, 3.63) is 6.92 Å². The largest absolute Gasteiger partial charge is 0.396 e. The summed E-state index contributed by atoms with van der Waals surface area (Å²) in [6, 6.07) is 0.883. The van der Waals surface area contributed by atoms with Gasteiger partial charge in [-0.25, -0.2) is 0 Å². The van der Waals surface area contributed by atoms with Crippen molar-refractivity contribution in [3.8, 4) is 0 Å². The van der Waals surface area contributed by atoms with Gasteiger partial charge in [-0.3, -0.25) is 0 Å². The van der Waals surface area contributed by atoms with Gasteiger partial charge in [-0.1, -0.05) is 13.3 Å². The van der Waals surface area contributed by atoms with Gasteiger partial charge in [-0.2, -0.15) is 0 Å². The topological polar surface area (TPSA) is 27.7 Å². The first-order valence-corrected chi connectivity index (χ1v) is 5.86. The van der Waals surface area contributed by atoms with Crippen LogP contribution in [-0.4, -0.2) is 36.1 Å². The molecular formula is C7H17O3Si. The molecule has 0 rings (SSSR count). The molecule has 3 nitrogen and oxygen atoms in total. The van der Waals surface area contributed by atoms with E-state index in [0.717, 1.165) is 12.5 Å². The van der Waals surface area contributed by atoms with Gasteiger partial charge >= 0.3 is 8.56 Å². The van der Waals surface area contributed by atoms with Crippen molar-refractivity contribution in [2.24, 2.45) is 0 Å². The molecular weight excluding hydrogens is 160 g/mol. The van der Waals surface area contributed by atoms with Crippen molar-refractivity contribution in [2.75, 3.05) is 27.6 Å². The quantitative estimate of drug-likeness (QED) is 0.569. The minimum Gasteiger partial charge on any atom is -0.396 e. The van der Waals surface area contributed by atoms with Crippen molar-refractivity contribution in [2.45, 2.75) is 12.5 Å². The average molecular weight is 177 g/mol. The molecule has 0 aromatic heterocycles. The van der Waals surface area contributed by atoms with E-state index < -0.39 is 8.56 Å². The maximum atomic E-state index is 5.32. The van der Waals surface area contributed by atoms with Gasteiger partial charge in [-0.15, -0.1) is 0 Å². The first-order chi connectivity index (χ1) is 5.24. The summed E-state index contributed by atoms with van der Waals surface area (Å²) in [7, 11) is 2.97. The van der Waals surface area contributed by atoms with Gasteiger partial charge in [0.25, 0.3) is 0 Å². The summed E-state index contributed by atoms with van der Waals surface area (Å²) in [5, 5.41) is 0. The SMILES string of the molecule is [CH2]CC[Si](COC)(OC)OC. The molecule has 0 N–H and O–H groups in total. The van der Waals surface area contributed by atoms with Gasteiger partial charge in [0, 0.05) is 21.3 Å². The third-order valence-electron chi connectivity index (χ3n) is 1.67. The lowest BCUT2D eigenvalue weighted by molar-refractivity contribution is 0.163. The molecule has 0 aliphatic rings. The summed E-state index contributed by atoms with van der Waals surface area (Å²) >= 11 is 0. The molecule has 11 heavy (non-hydrogen) atoms. The van der Waals surface area contributed by atoms with Crippen LogP contribution in [-0.2, 0) is 13.6 Å². The zero-order valence-electron chi connectivity index (χ0n) is 7.55. The van der Waals surface area contributed by atoms with Crippen LogP contribution in [0.4, 0.5) is 0 Å². The van der Waals surface area contributed by atoms with Gasteiger partial charge in [0.05, 0.1) is 6.23 Å². The third kappa shape index (κ3) is 3.33. The molecule has 0 saturated carbocycles. The van der Waals surface area contributed by atoms with E-state index >= 15 is 0 Å². The van der Waals surface area contributed by atoms with E-state index in [9.17, 15) is 0 Å². The second-order valence-electron chi connectivity index (χ2n) is 2.36. The van der Waals surface area contributed by atoms with Crippen LogP contribution in [0.5, 0.6) is 0 Å². The van der Waals surface area contributed by atoms with Gasteiger partial charge in [0.2, 0.25) is 0 Å². The van der Waals surface area contributed by atoms with Crippen LogP contribution in [0.25, 0.3) is 0 Å². The van der Waals surface area contributed by atoms with Crippen molar-refractivity contribution < 1.29 is 13.6 Å². The standard InChI is InChI=1S/C7H17O3Si/c1-5-6-11(9-3,10-4)7-8-2/h1,5-7H2,2-4H3. The van der Waals surface area contributed by atoms with Crippen LogP contribution in [0, 0.1) is 6.92 Å². The Morgan fingerprint density at radius 2 is 1.73 bits per heavy atom. The Bertz CT molecular complexity index is 85.7. The molecule has 1 radical (unpaired) electrons. The Kier molecular flexibility index (Phi) is 5.76. The van der Waals surface area contributed by atoms with Crippen molar-refractivity contribution >= 4 is 8.56 Å². The van der Waals surface area contributed by atoms with E-state index in [4.69, 9.17) is 13.6 Å². The number of rotatable bonds is 6. The Morgan fingerprint density at radius 3 is 2.00 bits per heavy atom. The summed E-state index contributed by atoms with van der Waals surface area (Å²) in [6.07, 6.45) is 1.41. The van der Waals surface area contributed by atoms with Gasteiger partial charge in [-0.05, 0) is 6.04 Å². The first-order valence-electron chi connectivity index (χ1n) is 3.63. The van der Waals surface area contributed by atoms with E-state index in [-0.39, 0.29) is 0 Å². The molecule has 67 valence electrons. The molecule has 0 unspecified atom stereocenters. The number of hydrogen-bond acceptors (Lipinski definition) is 3. The molecule has 0 heterocycles. The lowest BCUT2D eigenvalue weighted by atomic mass is 10.6. The third-order valence-corrected chi connectivity index (χ3v) is 5.00. The first kappa shape index (κ1) is 11.1. The van der Waals surface area contributed by atoms with Gasteiger partial charge in [0.1, 0.15) is 0 Å². The summed E-state index contributed by atoms with van der Waals surface area (Å²) in [5.41, 5.74) is 0. The van der Waals surface area contributed by atoms with Crippen molar-refractivity contribution in [3.63, 3.8) is 0 Å². The smallest absolute Gasteiger partial charge is 0.364 e. The minimum absolute atomic E-state index is 0.579. The van der Waals surface area contributed by atoms with Crippen LogP contribution >= 0.6 is 0 Å². The summed E-state index contributed by atoms with van der Waals surface area (Å²) < 4.78 is 15.7. The Morgan fingerprint density at radius 1 is 1.18 bits per heavy atom. The molecule has 0 bridgehead atoms. The van der Waals surface area contributed by atoms with E-state index in [1.807, 2.05) is 0 Å². The molecule has 0 aliphatic heterocycles. The summed E-state index contributed by atoms with van der Waals surface area (Å²) in [6.45, 7) is 3.77. The monoisotopic (exact) mass is 177 g/mol. The van der Waals surface area contributed by atoms with Crippen LogP contribution in [0.2, 0.25) is 6.04 Å². The molecule has 0 aromatic rings. The lowest BCUT2D eigenvalue weighted by Gasteiger charge is -2.25. The predicted molar refractivity (Wildman–Crippen MR) is 46.4 cm³/mol. The molecule has 0 spiro atoms. The summed E-state index contributed by atoms with van der Waals surface area (Å²) in [4.78, 5) is 0. The van der Waals surface area contributed by atoms with E-state index in [1.54, 1.807) is 21.3 Å². The van der Waals surface area contributed by atoms with E-state index in [1.165, 1.54) is 0 Å². The highest BCUT2D eigenvalue weighted by atomic mass is 28.4. The normalized spacial score (nSPS) is 12.0. The highest BCUT2D eigenvalue weighted by Crippen LogP contribution is 2.13. The average Bonchev–Trinajstić information content (AvgIpc) is 2.04. The molecule has 0 aliphatic carbocycles. The zero-order valence-corrected chi connectivity index (χ0v) is 8.55. The summed E-state index contributed by atoms with van der Waals surface area (Å²) in [5.74, 6) is 0. The minimum atomic E-state index is -2.03. The van der Waals surface area contributed by atoms with Crippen LogP contribution < -0.4 is 0 Å². The number of hydrogen-bond donors (Lipinski definition) is 0. The van der Waals surface area contributed by atoms with Crippen molar-refractivity contribution in [1.29, 1.82) is 0 Å². The van der Waals surface area contributed by atoms with Crippen LogP contribution in [0.15, 0.2) is 0 Å². The van der Waals surface area contributed by atoms with E-state index in [2.05, 4.69) is 6.92 Å². The maximum Gasteiger partial charge on any atom is 0.364 e. The highest BCUT2D eigenvalue weighted by molar-refractivity contribution is 6.67. The second kappa shape index (κ2) is 5.71. The fraction of sp³-hybridized carbons (Fsp3) is 0.857. The predicted octanol–water partition coefficient (Wildman–Crippen LogP) is 1.13. The fourth-order valence-corrected chi connectivity index (χ4v) is 2.90. The number of ether oxygens (including phenoxy) is 1.